The van der Waals surface area contributed by atoms with E-state index in [1.165, 1.54) is 0 Å². The fraction of sp³-hybridized carbons (Fsp3) is 0.857. The lowest BCUT2D eigenvalue weighted by Gasteiger charge is -2.25. The molecule has 0 aromatic heterocycles. The molecular weight excluding hydrogens is 128 g/mol. The van der Waals surface area contributed by atoms with Crippen molar-refractivity contribution in [1.29, 1.82) is 0 Å². The molecule has 1 saturated heterocycles. The van der Waals surface area contributed by atoms with E-state index in [0.29, 0.717) is 12.5 Å². The van der Waals surface area contributed by atoms with E-state index in [9.17, 15) is 4.79 Å². The lowest BCUT2D eigenvalue weighted by atomic mass is 9.91. The number of carbonyl (C=O) groups is 1. The predicted molar refractivity (Wildman–Crippen MR) is 39.3 cm³/mol. The minimum absolute atomic E-state index is 0.0590. The third kappa shape index (κ3) is 1.48. The van der Waals surface area contributed by atoms with Crippen LogP contribution in [0.4, 0.5) is 0 Å². The van der Waals surface area contributed by atoms with Gasteiger partial charge in [0.1, 0.15) is 0 Å². The summed E-state index contributed by atoms with van der Waals surface area (Å²) in [6.07, 6.45) is 0.947. The number of hydrogen-bond acceptors (Lipinski definition) is 2. The highest BCUT2D eigenvalue weighted by molar-refractivity contribution is 5.79. The zero-order chi connectivity index (χ0) is 7.56. The van der Waals surface area contributed by atoms with Crippen molar-refractivity contribution in [3.63, 3.8) is 0 Å². The fourth-order valence-electron chi connectivity index (χ4n) is 1.30. The molecular formula is C7H14N2O. The minimum atomic E-state index is 0.0590. The zero-order valence-electron chi connectivity index (χ0n) is 6.26. The molecule has 1 heterocycles. The Hall–Kier alpha value is -0.570. The van der Waals surface area contributed by atoms with Crippen LogP contribution in [-0.2, 0) is 4.79 Å². The van der Waals surface area contributed by atoms with Crippen LogP contribution in [0.15, 0.2) is 0 Å². The molecule has 1 amide bonds. The second-order valence-electron chi connectivity index (χ2n) is 3.02. The van der Waals surface area contributed by atoms with E-state index in [2.05, 4.69) is 12.2 Å². The average Bonchev–Trinajstić information content (AvgIpc) is 1.94. The first-order valence-corrected chi connectivity index (χ1v) is 3.71. The van der Waals surface area contributed by atoms with Crippen molar-refractivity contribution < 1.29 is 4.79 Å². The number of carbonyl (C=O) groups excluding carboxylic acids is 1. The van der Waals surface area contributed by atoms with E-state index in [0.717, 1.165) is 13.0 Å². The molecule has 1 fully saturated rings. The molecule has 3 nitrogen and oxygen atoms in total. The summed E-state index contributed by atoms with van der Waals surface area (Å²) in [6, 6.07) is 0. The summed E-state index contributed by atoms with van der Waals surface area (Å²) in [7, 11) is 0. The topological polar surface area (TPSA) is 55.1 Å². The van der Waals surface area contributed by atoms with E-state index >= 15 is 0 Å². The van der Waals surface area contributed by atoms with Gasteiger partial charge < -0.3 is 11.1 Å². The molecule has 0 radical (unpaired) electrons. The first-order chi connectivity index (χ1) is 4.74. The quantitative estimate of drug-likeness (QED) is 0.529. The Morgan fingerprint density at radius 2 is 2.50 bits per heavy atom. The molecule has 0 bridgehead atoms. The summed E-state index contributed by atoms with van der Waals surface area (Å²) in [4.78, 5) is 11.0. The molecule has 1 rings (SSSR count). The number of amides is 1. The number of piperidine rings is 1. The Morgan fingerprint density at radius 3 is 3.00 bits per heavy atom. The van der Waals surface area contributed by atoms with Crippen molar-refractivity contribution in [3.8, 4) is 0 Å². The number of hydrogen-bond donors (Lipinski definition) is 2. The minimum Gasteiger partial charge on any atom is -0.356 e. The van der Waals surface area contributed by atoms with Gasteiger partial charge in [0.2, 0.25) is 5.91 Å². The Labute approximate surface area is 61.0 Å². The molecule has 2 atom stereocenters. The molecule has 0 aromatic rings. The lowest BCUT2D eigenvalue weighted by molar-refractivity contribution is -0.127. The number of rotatable bonds is 1. The normalized spacial score (nSPS) is 33.6. The van der Waals surface area contributed by atoms with Crippen LogP contribution < -0.4 is 11.1 Å². The number of nitrogens with two attached hydrogens (primary N) is 1. The van der Waals surface area contributed by atoms with Gasteiger partial charge in [0.05, 0.1) is 5.92 Å². The molecule has 0 aliphatic carbocycles. The van der Waals surface area contributed by atoms with Gasteiger partial charge in [-0.25, -0.2) is 0 Å². The Kier molecular flexibility index (Phi) is 2.27. The molecule has 58 valence electrons. The molecule has 3 heteroatoms. The van der Waals surface area contributed by atoms with Crippen molar-refractivity contribution in [2.24, 2.45) is 17.6 Å². The van der Waals surface area contributed by atoms with Crippen LogP contribution in [0.3, 0.4) is 0 Å². The summed E-state index contributed by atoms with van der Waals surface area (Å²) < 4.78 is 0. The van der Waals surface area contributed by atoms with Crippen LogP contribution in [-0.4, -0.2) is 19.0 Å². The van der Waals surface area contributed by atoms with Gasteiger partial charge in [-0.05, 0) is 12.3 Å². The summed E-state index contributed by atoms with van der Waals surface area (Å²) in [6.45, 7) is 3.42. The summed E-state index contributed by atoms with van der Waals surface area (Å²) in [5.41, 5.74) is 5.40. The number of nitrogens with one attached hydrogen (secondary N) is 1. The van der Waals surface area contributed by atoms with Gasteiger partial charge in [0.25, 0.3) is 0 Å². The first-order valence-electron chi connectivity index (χ1n) is 3.71. The third-order valence-corrected chi connectivity index (χ3v) is 1.97. The van der Waals surface area contributed by atoms with Gasteiger partial charge in [-0.15, -0.1) is 0 Å². The fourth-order valence-corrected chi connectivity index (χ4v) is 1.30. The monoisotopic (exact) mass is 142 g/mol. The van der Waals surface area contributed by atoms with Gasteiger partial charge in [0, 0.05) is 13.1 Å². The molecule has 10 heavy (non-hydrogen) atoms. The average molecular weight is 142 g/mol. The van der Waals surface area contributed by atoms with Crippen LogP contribution in [0, 0.1) is 11.8 Å². The highest BCUT2D eigenvalue weighted by Crippen LogP contribution is 2.14. The smallest absolute Gasteiger partial charge is 0.224 e. The standard InChI is InChI=1S/C7H14N2O/c1-5-2-6(3-8)7(10)9-4-5/h5-6H,2-4,8H2,1H3,(H,9,10)/t5-,6-/m0/s1. The first kappa shape index (κ1) is 7.54. The summed E-state index contributed by atoms with van der Waals surface area (Å²) in [5, 5.41) is 2.81. The summed E-state index contributed by atoms with van der Waals surface area (Å²) in [5.74, 6) is 0.774. The molecule has 0 spiro atoms. The van der Waals surface area contributed by atoms with Crippen LogP contribution in [0.5, 0.6) is 0 Å². The lowest BCUT2D eigenvalue weighted by Crippen LogP contribution is -2.43. The largest absolute Gasteiger partial charge is 0.356 e. The maximum Gasteiger partial charge on any atom is 0.224 e. The predicted octanol–water partition coefficient (Wildman–Crippen LogP) is -0.283. The van der Waals surface area contributed by atoms with Gasteiger partial charge in [-0.2, -0.15) is 0 Å². The van der Waals surface area contributed by atoms with Crippen LogP contribution in [0.2, 0.25) is 0 Å². The molecule has 0 aromatic carbocycles. The van der Waals surface area contributed by atoms with E-state index in [-0.39, 0.29) is 11.8 Å². The summed E-state index contributed by atoms with van der Waals surface area (Å²) >= 11 is 0. The van der Waals surface area contributed by atoms with Gasteiger partial charge in [-0.1, -0.05) is 6.92 Å². The van der Waals surface area contributed by atoms with Crippen LogP contribution in [0.25, 0.3) is 0 Å². The molecule has 0 unspecified atom stereocenters. The highest BCUT2D eigenvalue weighted by atomic mass is 16.1. The highest BCUT2D eigenvalue weighted by Gasteiger charge is 2.24. The Bertz CT molecular complexity index is 136. The maximum absolute atomic E-state index is 11.0. The maximum atomic E-state index is 11.0. The molecule has 0 saturated carbocycles. The third-order valence-electron chi connectivity index (χ3n) is 1.97. The molecule has 1 aliphatic rings. The van der Waals surface area contributed by atoms with Crippen molar-refractivity contribution in [2.75, 3.05) is 13.1 Å². The Balaban J connectivity index is 2.45. The van der Waals surface area contributed by atoms with Gasteiger partial charge >= 0.3 is 0 Å². The van der Waals surface area contributed by atoms with E-state index < -0.39 is 0 Å². The zero-order valence-corrected chi connectivity index (χ0v) is 6.26. The van der Waals surface area contributed by atoms with Crippen LogP contribution >= 0.6 is 0 Å². The molecule has 3 N–H and O–H groups in total. The second-order valence-corrected chi connectivity index (χ2v) is 3.02. The second kappa shape index (κ2) is 3.01. The Morgan fingerprint density at radius 1 is 1.80 bits per heavy atom. The SMILES string of the molecule is C[C@@H]1CNC(=O)[C@H](CN)C1. The molecule has 1 aliphatic heterocycles. The van der Waals surface area contributed by atoms with Crippen molar-refractivity contribution in [1.82, 2.24) is 5.32 Å². The van der Waals surface area contributed by atoms with Crippen molar-refractivity contribution in [3.05, 3.63) is 0 Å². The van der Waals surface area contributed by atoms with E-state index in [1.807, 2.05) is 0 Å². The van der Waals surface area contributed by atoms with Crippen LogP contribution in [0.1, 0.15) is 13.3 Å². The van der Waals surface area contributed by atoms with Gasteiger partial charge in [-0.3, -0.25) is 4.79 Å². The van der Waals surface area contributed by atoms with Crippen molar-refractivity contribution >= 4 is 5.91 Å². The van der Waals surface area contributed by atoms with E-state index in [1.54, 1.807) is 0 Å². The van der Waals surface area contributed by atoms with Crippen molar-refractivity contribution in [2.45, 2.75) is 13.3 Å². The van der Waals surface area contributed by atoms with E-state index in [4.69, 9.17) is 5.73 Å². The van der Waals surface area contributed by atoms with Gasteiger partial charge in [0.15, 0.2) is 0 Å².